The molecule has 4 rings (SSSR count). The highest BCUT2D eigenvalue weighted by Crippen LogP contribution is 2.47. The van der Waals surface area contributed by atoms with Crippen LogP contribution >= 0.6 is 15.9 Å². The summed E-state index contributed by atoms with van der Waals surface area (Å²) in [6.45, 7) is 3.24. The summed E-state index contributed by atoms with van der Waals surface area (Å²) in [4.78, 5) is 0. The van der Waals surface area contributed by atoms with Gasteiger partial charge < -0.3 is 10.1 Å². The van der Waals surface area contributed by atoms with E-state index in [4.69, 9.17) is 4.74 Å². The van der Waals surface area contributed by atoms with Crippen LogP contribution in [-0.4, -0.2) is 19.7 Å². The minimum atomic E-state index is 0.497. The monoisotopic (exact) mass is 335 g/mol. The van der Waals surface area contributed by atoms with Crippen molar-refractivity contribution in [2.45, 2.75) is 38.5 Å². The highest BCUT2D eigenvalue weighted by atomic mass is 79.9. The molecule has 20 heavy (non-hydrogen) atoms. The Hall–Kier alpha value is -0.540. The second-order valence-electron chi connectivity index (χ2n) is 6.78. The molecule has 0 unspecified atom stereocenters. The molecule has 0 aromatic heterocycles. The standard InChI is InChI=1S/C17H22BrNO/c18-15-7-12-5-6-20-16(12)13(8-15)9-17(10-19-11-17)14-3-1-2-4-14/h7-8,14,19H,1-6,9-11H2. The van der Waals surface area contributed by atoms with Crippen molar-refractivity contribution in [2.75, 3.05) is 19.7 Å². The van der Waals surface area contributed by atoms with Crippen molar-refractivity contribution < 1.29 is 4.74 Å². The highest BCUT2D eigenvalue weighted by Gasteiger charge is 2.45. The normalized spacial score (nSPS) is 24.2. The van der Waals surface area contributed by atoms with Crippen LogP contribution in [0.1, 0.15) is 36.8 Å². The molecule has 3 heteroatoms. The third-order valence-corrected chi connectivity index (χ3v) is 6.00. The van der Waals surface area contributed by atoms with E-state index in [9.17, 15) is 0 Å². The average Bonchev–Trinajstić information content (AvgIpc) is 3.03. The molecule has 108 valence electrons. The number of nitrogens with one attached hydrogen (secondary N) is 1. The van der Waals surface area contributed by atoms with Gasteiger partial charge in [0.1, 0.15) is 5.75 Å². The molecule has 2 aliphatic heterocycles. The Morgan fingerprint density at radius 1 is 1.25 bits per heavy atom. The third-order valence-electron chi connectivity index (χ3n) is 5.54. The number of rotatable bonds is 3. The Morgan fingerprint density at radius 2 is 2.05 bits per heavy atom. The van der Waals surface area contributed by atoms with Crippen LogP contribution in [0, 0.1) is 11.3 Å². The zero-order valence-corrected chi connectivity index (χ0v) is 13.5. The van der Waals surface area contributed by atoms with Crippen molar-refractivity contribution in [3.63, 3.8) is 0 Å². The summed E-state index contributed by atoms with van der Waals surface area (Å²) in [6.07, 6.45) is 7.97. The van der Waals surface area contributed by atoms with Crippen LogP contribution in [0.2, 0.25) is 0 Å². The summed E-state index contributed by atoms with van der Waals surface area (Å²) >= 11 is 3.68. The van der Waals surface area contributed by atoms with Gasteiger partial charge in [-0.1, -0.05) is 28.8 Å². The first-order valence-electron chi connectivity index (χ1n) is 7.92. The fraction of sp³-hybridized carbons (Fsp3) is 0.647. The van der Waals surface area contributed by atoms with Crippen molar-refractivity contribution in [3.8, 4) is 5.75 Å². The van der Waals surface area contributed by atoms with E-state index in [1.54, 1.807) is 0 Å². The van der Waals surface area contributed by atoms with Gasteiger partial charge in [-0.3, -0.25) is 0 Å². The van der Waals surface area contributed by atoms with Gasteiger partial charge in [-0.2, -0.15) is 0 Å². The van der Waals surface area contributed by atoms with Crippen LogP contribution in [0.25, 0.3) is 0 Å². The van der Waals surface area contributed by atoms with Crippen LogP contribution < -0.4 is 10.1 Å². The Labute approximate surface area is 129 Å². The van der Waals surface area contributed by atoms with Crippen molar-refractivity contribution >= 4 is 15.9 Å². The van der Waals surface area contributed by atoms with Gasteiger partial charge in [-0.15, -0.1) is 0 Å². The molecule has 0 spiro atoms. The molecule has 1 aliphatic carbocycles. The predicted octanol–water partition coefficient (Wildman–Crippen LogP) is 3.71. The molecule has 3 aliphatic rings. The van der Waals surface area contributed by atoms with E-state index in [2.05, 4.69) is 33.4 Å². The molecule has 2 fully saturated rings. The van der Waals surface area contributed by atoms with Gasteiger partial charge in [0.25, 0.3) is 0 Å². The summed E-state index contributed by atoms with van der Waals surface area (Å²) in [5.74, 6) is 2.11. The maximum Gasteiger partial charge on any atom is 0.125 e. The lowest BCUT2D eigenvalue weighted by Gasteiger charge is -2.48. The summed E-state index contributed by atoms with van der Waals surface area (Å²) in [5, 5.41) is 3.53. The largest absolute Gasteiger partial charge is 0.493 e. The lowest BCUT2D eigenvalue weighted by Crippen LogP contribution is -2.58. The van der Waals surface area contributed by atoms with E-state index in [0.29, 0.717) is 5.41 Å². The topological polar surface area (TPSA) is 21.3 Å². The molecule has 0 amide bonds. The molecule has 1 saturated carbocycles. The van der Waals surface area contributed by atoms with Crippen LogP contribution in [0.4, 0.5) is 0 Å². The molecule has 1 aromatic rings. The number of hydrogen-bond donors (Lipinski definition) is 1. The van der Waals surface area contributed by atoms with E-state index in [1.165, 1.54) is 66.5 Å². The van der Waals surface area contributed by atoms with Gasteiger partial charge in [0, 0.05) is 29.4 Å². The third kappa shape index (κ3) is 2.10. The SMILES string of the molecule is Brc1cc2c(c(CC3(C4CCCC4)CNC3)c1)OCC2. The number of fused-ring (bicyclic) bond motifs is 1. The van der Waals surface area contributed by atoms with Gasteiger partial charge in [0.2, 0.25) is 0 Å². The van der Waals surface area contributed by atoms with Gasteiger partial charge in [0.15, 0.2) is 0 Å². The predicted molar refractivity (Wildman–Crippen MR) is 84.3 cm³/mol. The van der Waals surface area contributed by atoms with Crippen LogP contribution in [0.3, 0.4) is 0 Å². The number of halogens is 1. The minimum absolute atomic E-state index is 0.497. The maximum absolute atomic E-state index is 5.92. The quantitative estimate of drug-likeness (QED) is 0.909. The molecular weight excluding hydrogens is 314 g/mol. The summed E-state index contributed by atoms with van der Waals surface area (Å²) in [5.41, 5.74) is 3.32. The van der Waals surface area contributed by atoms with E-state index < -0.39 is 0 Å². The summed E-state index contributed by atoms with van der Waals surface area (Å²) < 4.78 is 7.13. The molecule has 1 aromatic carbocycles. The van der Waals surface area contributed by atoms with Crippen molar-refractivity contribution in [1.29, 1.82) is 0 Å². The molecule has 1 saturated heterocycles. The summed E-state index contributed by atoms with van der Waals surface area (Å²) in [7, 11) is 0. The van der Waals surface area contributed by atoms with E-state index in [-0.39, 0.29) is 0 Å². The van der Waals surface area contributed by atoms with E-state index in [1.807, 2.05) is 0 Å². The molecular formula is C17H22BrNO. The second kappa shape index (κ2) is 5.03. The van der Waals surface area contributed by atoms with E-state index in [0.717, 1.165) is 18.9 Å². The first-order valence-corrected chi connectivity index (χ1v) is 8.71. The first kappa shape index (κ1) is 13.1. The van der Waals surface area contributed by atoms with Crippen molar-refractivity contribution in [2.24, 2.45) is 11.3 Å². The minimum Gasteiger partial charge on any atom is -0.493 e. The fourth-order valence-electron chi connectivity index (χ4n) is 4.40. The smallest absolute Gasteiger partial charge is 0.125 e. The van der Waals surface area contributed by atoms with Crippen LogP contribution in [0.5, 0.6) is 5.75 Å². The lowest BCUT2D eigenvalue weighted by molar-refractivity contribution is 0.0803. The second-order valence-corrected chi connectivity index (χ2v) is 7.69. The molecule has 2 heterocycles. The van der Waals surface area contributed by atoms with Gasteiger partial charge >= 0.3 is 0 Å². The number of benzene rings is 1. The fourth-order valence-corrected chi connectivity index (χ4v) is 4.95. The Bertz CT molecular complexity index is 518. The van der Waals surface area contributed by atoms with Crippen molar-refractivity contribution in [3.05, 3.63) is 27.7 Å². The molecule has 2 nitrogen and oxygen atoms in total. The molecule has 1 N–H and O–H groups in total. The molecule has 0 atom stereocenters. The number of ether oxygens (including phenoxy) is 1. The number of hydrogen-bond acceptors (Lipinski definition) is 2. The summed E-state index contributed by atoms with van der Waals surface area (Å²) in [6, 6.07) is 4.52. The first-order chi connectivity index (χ1) is 9.77. The van der Waals surface area contributed by atoms with Gasteiger partial charge in [-0.05, 0) is 48.4 Å². The maximum atomic E-state index is 5.92. The molecule has 0 bridgehead atoms. The Balaban J connectivity index is 1.65. The van der Waals surface area contributed by atoms with Gasteiger partial charge in [-0.25, -0.2) is 0 Å². The highest BCUT2D eigenvalue weighted by molar-refractivity contribution is 9.10. The van der Waals surface area contributed by atoms with E-state index >= 15 is 0 Å². The van der Waals surface area contributed by atoms with Crippen LogP contribution in [-0.2, 0) is 12.8 Å². The van der Waals surface area contributed by atoms with Crippen molar-refractivity contribution in [1.82, 2.24) is 5.32 Å². The van der Waals surface area contributed by atoms with Gasteiger partial charge in [0.05, 0.1) is 6.61 Å². The molecule has 0 radical (unpaired) electrons. The lowest BCUT2D eigenvalue weighted by atomic mass is 9.66. The Kier molecular flexibility index (Phi) is 3.30. The zero-order chi connectivity index (χ0) is 13.6. The van der Waals surface area contributed by atoms with Crippen LogP contribution in [0.15, 0.2) is 16.6 Å². The zero-order valence-electron chi connectivity index (χ0n) is 11.9. The average molecular weight is 336 g/mol. The Morgan fingerprint density at radius 3 is 2.75 bits per heavy atom.